The minimum absolute atomic E-state index is 0.00854. The summed E-state index contributed by atoms with van der Waals surface area (Å²) in [4.78, 5) is 48.4. The predicted octanol–water partition coefficient (Wildman–Crippen LogP) is 5.87. The Bertz CT molecular complexity index is 2490. The fourth-order valence-corrected chi connectivity index (χ4v) is 7.66. The number of ketones is 1. The highest BCUT2D eigenvalue weighted by Crippen LogP contribution is 2.31. The summed E-state index contributed by atoms with van der Waals surface area (Å²) in [6.45, 7) is 15.9. The molecular weight excluding hydrogens is 819 g/mol. The van der Waals surface area contributed by atoms with E-state index in [0.717, 1.165) is 86.5 Å². The van der Waals surface area contributed by atoms with E-state index >= 15 is 0 Å². The van der Waals surface area contributed by atoms with Gasteiger partial charge in [0, 0.05) is 87.9 Å². The standard InChI is InChI=1S/C24H28F2N6O.C23H26N6O2/c1-15-12-19(18-4-5-20(25)21(26)14-18)13-16(2)22(15)29-23-27-17(3)28-24(30-23)32-8-6-31(7-9-32)10-11-33;1-17-24-22(27-23(25-17)29-13-11-28(12-14-29)15-16-30)26-20-9-7-19(8-10-20)21(31)18-5-3-2-4-6-18/h4-5,12-14,33H,6-11H2,1-3H3,(H,27,28,29,30);2-10,30H,11-16H2,1H3,(H,24,25,26,27). The number of hydrogen-bond acceptors (Lipinski definition) is 15. The maximum absolute atomic E-state index is 13.7. The molecule has 4 aromatic carbocycles. The molecule has 2 aliphatic rings. The van der Waals surface area contributed by atoms with E-state index in [1.807, 2.05) is 82.3 Å². The second-order valence-corrected chi connectivity index (χ2v) is 15.8. The van der Waals surface area contributed by atoms with Gasteiger partial charge in [0.15, 0.2) is 17.4 Å². The molecule has 0 radical (unpaired) electrons. The molecule has 4 heterocycles. The molecule has 4 N–H and O–H groups in total. The van der Waals surface area contributed by atoms with Gasteiger partial charge in [-0.25, -0.2) is 8.78 Å². The first-order valence-electron chi connectivity index (χ1n) is 21.4. The van der Waals surface area contributed by atoms with Crippen LogP contribution >= 0.6 is 0 Å². The molecular formula is C47H54F2N12O3. The van der Waals surface area contributed by atoms with Crippen molar-refractivity contribution in [3.8, 4) is 11.1 Å². The van der Waals surface area contributed by atoms with Crippen LogP contribution in [0.5, 0.6) is 0 Å². The Morgan fingerprint density at radius 2 is 1.06 bits per heavy atom. The first kappa shape index (κ1) is 45.5. The molecule has 6 aromatic rings. The highest BCUT2D eigenvalue weighted by atomic mass is 19.2. The topological polar surface area (TPSA) is 172 Å². The number of carbonyl (C=O) groups is 1. The Kier molecular flexibility index (Phi) is 15.1. The monoisotopic (exact) mass is 872 g/mol. The van der Waals surface area contributed by atoms with Crippen molar-refractivity contribution in [3.63, 3.8) is 0 Å². The van der Waals surface area contributed by atoms with E-state index in [9.17, 15) is 13.6 Å². The largest absolute Gasteiger partial charge is 0.395 e. The number of benzene rings is 4. The Balaban J connectivity index is 0.000000192. The molecule has 0 spiro atoms. The van der Waals surface area contributed by atoms with Crippen LogP contribution in [0, 0.1) is 39.3 Å². The van der Waals surface area contributed by atoms with Gasteiger partial charge in [-0.1, -0.05) is 36.4 Å². The van der Waals surface area contributed by atoms with E-state index in [-0.39, 0.29) is 19.0 Å². The summed E-state index contributed by atoms with van der Waals surface area (Å²) in [7, 11) is 0. The molecule has 2 aliphatic heterocycles. The van der Waals surface area contributed by atoms with Crippen LogP contribution in [-0.2, 0) is 0 Å². The van der Waals surface area contributed by atoms with Gasteiger partial charge in [-0.2, -0.15) is 29.9 Å². The second-order valence-electron chi connectivity index (χ2n) is 15.8. The van der Waals surface area contributed by atoms with Crippen LogP contribution in [0.3, 0.4) is 0 Å². The van der Waals surface area contributed by atoms with Crippen LogP contribution in [0.1, 0.15) is 38.7 Å². The summed E-state index contributed by atoms with van der Waals surface area (Å²) in [5.74, 6) is 1.74. The van der Waals surface area contributed by atoms with Crippen molar-refractivity contribution in [1.82, 2.24) is 39.7 Å². The van der Waals surface area contributed by atoms with Crippen LogP contribution in [-0.4, -0.2) is 134 Å². The number of rotatable bonds is 13. The number of nitrogens with one attached hydrogen (secondary N) is 2. The normalized spacial score (nSPS) is 14.5. The fourth-order valence-electron chi connectivity index (χ4n) is 7.66. The highest BCUT2D eigenvalue weighted by molar-refractivity contribution is 6.09. The highest BCUT2D eigenvalue weighted by Gasteiger charge is 2.22. The van der Waals surface area contributed by atoms with Crippen LogP contribution in [0.2, 0.25) is 0 Å². The first-order chi connectivity index (χ1) is 31.0. The molecule has 8 rings (SSSR count). The Labute approximate surface area is 371 Å². The van der Waals surface area contributed by atoms with Gasteiger partial charge in [-0.3, -0.25) is 14.6 Å². The van der Waals surface area contributed by atoms with Crippen molar-refractivity contribution in [2.75, 3.05) is 99.1 Å². The maximum Gasteiger partial charge on any atom is 0.232 e. The minimum Gasteiger partial charge on any atom is -0.395 e. The molecule has 2 saturated heterocycles. The van der Waals surface area contributed by atoms with E-state index in [2.05, 4.69) is 60.1 Å². The lowest BCUT2D eigenvalue weighted by molar-refractivity contribution is 0.103. The number of aromatic nitrogens is 6. The van der Waals surface area contributed by atoms with E-state index in [0.29, 0.717) is 65.2 Å². The van der Waals surface area contributed by atoms with Crippen molar-refractivity contribution in [2.24, 2.45) is 0 Å². The average molecular weight is 873 g/mol. The number of carbonyl (C=O) groups excluding carboxylic acids is 1. The zero-order valence-corrected chi connectivity index (χ0v) is 36.6. The van der Waals surface area contributed by atoms with Crippen LogP contribution < -0.4 is 20.4 Å². The first-order valence-corrected chi connectivity index (χ1v) is 21.4. The smallest absolute Gasteiger partial charge is 0.232 e. The van der Waals surface area contributed by atoms with Gasteiger partial charge < -0.3 is 30.6 Å². The number of aliphatic hydroxyl groups is 2. The minimum atomic E-state index is -0.865. The molecule has 15 nitrogen and oxygen atoms in total. The maximum atomic E-state index is 13.7. The van der Waals surface area contributed by atoms with Crippen LogP contribution in [0.4, 0.5) is 43.9 Å². The molecule has 0 amide bonds. The Hall–Kier alpha value is -6.53. The number of halogens is 2. The van der Waals surface area contributed by atoms with Crippen molar-refractivity contribution < 1.29 is 23.8 Å². The second kappa shape index (κ2) is 21.2. The predicted molar refractivity (Wildman–Crippen MR) is 245 cm³/mol. The number of hydrogen-bond donors (Lipinski definition) is 4. The van der Waals surface area contributed by atoms with Gasteiger partial charge >= 0.3 is 0 Å². The molecule has 2 aromatic heterocycles. The molecule has 17 heteroatoms. The molecule has 0 bridgehead atoms. The van der Waals surface area contributed by atoms with Crippen molar-refractivity contribution in [1.29, 1.82) is 0 Å². The molecule has 0 saturated carbocycles. The zero-order valence-electron chi connectivity index (χ0n) is 36.6. The summed E-state index contributed by atoms with van der Waals surface area (Å²) < 4.78 is 27.0. The number of aliphatic hydroxyl groups excluding tert-OH is 2. The summed E-state index contributed by atoms with van der Waals surface area (Å²) in [5, 5.41) is 24.8. The van der Waals surface area contributed by atoms with Gasteiger partial charge in [0.2, 0.25) is 23.8 Å². The van der Waals surface area contributed by atoms with E-state index in [4.69, 9.17) is 10.2 Å². The summed E-state index contributed by atoms with van der Waals surface area (Å²) >= 11 is 0. The number of anilines is 6. The van der Waals surface area contributed by atoms with Crippen LogP contribution in [0.15, 0.2) is 84.9 Å². The molecule has 2 fully saturated rings. The van der Waals surface area contributed by atoms with E-state index < -0.39 is 11.6 Å². The summed E-state index contributed by atoms with van der Waals surface area (Å²) in [6.07, 6.45) is 0. The number of piperazine rings is 2. The summed E-state index contributed by atoms with van der Waals surface area (Å²) in [6, 6.07) is 24.3. The van der Waals surface area contributed by atoms with Gasteiger partial charge in [-0.05, 0) is 98.5 Å². The van der Waals surface area contributed by atoms with Gasteiger partial charge in [0.05, 0.1) is 13.2 Å². The third kappa shape index (κ3) is 11.7. The lowest BCUT2D eigenvalue weighted by atomic mass is 9.98. The molecule has 64 heavy (non-hydrogen) atoms. The van der Waals surface area contributed by atoms with Gasteiger partial charge in [0.1, 0.15) is 11.6 Å². The number of aryl methyl sites for hydroxylation is 4. The van der Waals surface area contributed by atoms with Crippen LogP contribution in [0.25, 0.3) is 11.1 Å². The van der Waals surface area contributed by atoms with Gasteiger partial charge in [-0.15, -0.1) is 0 Å². The lowest BCUT2D eigenvalue weighted by Crippen LogP contribution is -2.47. The van der Waals surface area contributed by atoms with E-state index in [1.165, 1.54) is 6.07 Å². The molecule has 0 unspecified atom stereocenters. The van der Waals surface area contributed by atoms with Crippen molar-refractivity contribution in [3.05, 3.63) is 130 Å². The average Bonchev–Trinajstić information content (AvgIpc) is 3.29. The third-order valence-electron chi connectivity index (χ3n) is 11.1. The fraction of sp³-hybridized carbons (Fsp3) is 0.340. The Morgan fingerprint density at radius 1 is 0.562 bits per heavy atom. The molecule has 0 atom stereocenters. The Morgan fingerprint density at radius 3 is 1.56 bits per heavy atom. The van der Waals surface area contributed by atoms with Gasteiger partial charge in [0.25, 0.3) is 0 Å². The number of nitrogens with zero attached hydrogens (tertiary/aromatic N) is 10. The van der Waals surface area contributed by atoms with E-state index in [1.54, 1.807) is 18.2 Å². The third-order valence-corrected chi connectivity index (χ3v) is 11.1. The molecule has 0 aliphatic carbocycles. The number of β-amino-alcohol motifs (C(OH)–C–C–N with tert-alkyl or cyclic N) is 2. The lowest BCUT2D eigenvalue weighted by Gasteiger charge is -2.34. The summed E-state index contributed by atoms with van der Waals surface area (Å²) in [5.41, 5.74) is 6.26. The zero-order chi connectivity index (χ0) is 45.2. The van der Waals surface area contributed by atoms with Crippen molar-refractivity contribution in [2.45, 2.75) is 27.7 Å². The SMILES string of the molecule is Cc1nc(Nc2c(C)cc(-c3ccc(F)c(F)c3)cc2C)nc(N2CCN(CCO)CC2)n1.Cc1nc(Nc2ccc(C(=O)c3ccccc3)cc2)nc(N2CCN(CCO)CC2)n1. The molecule has 334 valence electrons. The quantitative estimate of drug-likeness (QED) is 0.102. The van der Waals surface area contributed by atoms with Crippen molar-refractivity contribution >= 4 is 41.0 Å².